The van der Waals surface area contributed by atoms with Gasteiger partial charge >= 0.3 is 0 Å². The number of H-pyrrole nitrogens is 1. The Hall–Kier alpha value is -3.38. The van der Waals surface area contributed by atoms with Crippen LogP contribution in [0.5, 0.6) is 0 Å². The lowest BCUT2D eigenvalue weighted by molar-refractivity contribution is 0.176. The molecule has 0 aliphatic carbocycles. The molecule has 2 aromatic carbocycles. The summed E-state index contributed by atoms with van der Waals surface area (Å²) in [5.41, 5.74) is 13.7. The summed E-state index contributed by atoms with van der Waals surface area (Å²) in [6, 6.07) is 12.5. The van der Waals surface area contributed by atoms with Gasteiger partial charge in [0.05, 0.1) is 23.1 Å². The third kappa shape index (κ3) is 6.81. The minimum absolute atomic E-state index is 0.801. The summed E-state index contributed by atoms with van der Waals surface area (Å²) in [7, 11) is 0. The highest BCUT2D eigenvalue weighted by atomic mass is 15.1. The van der Waals surface area contributed by atoms with Gasteiger partial charge in [0.25, 0.3) is 0 Å². The SMILES string of the molecule is C=C.Cc1ccc2nc(C)[nH]c2c1.Cc1cn(-c2cc(N)cc(CN3CCCC(C)C3)c2)cn1. The molecule has 1 unspecified atom stereocenters. The van der Waals surface area contributed by atoms with Crippen molar-refractivity contribution in [2.45, 2.75) is 47.1 Å². The maximum absolute atomic E-state index is 6.08. The fraction of sp³-hybridized carbons (Fsp3) is 0.357. The maximum Gasteiger partial charge on any atom is 0.104 e. The quantitative estimate of drug-likeness (QED) is 0.293. The molecule has 6 heteroatoms. The smallest absolute Gasteiger partial charge is 0.104 e. The van der Waals surface area contributed by atoms with Crippen LogP contribution in [0, 0.1) is 26.7 Å². The molecule has 6 nitrogen and oxygen atoms in total. The number of imidazole rings is 2. The molecule has 0 amide bonds. The molecule has 1 saturated heterocycles. The summed E-state index contributed by atoms with van der Waals surface area (Å²) < 4.78 is 2.04. The molecule has 0 radical (unpaired) electrons. The number of nitrogen functional groups attached to an aromatic ring is 1. The number of aromatic nitrogens is 4. The summed E-state index contributed by atoms with van der Waals surface area (Å²) in [6.07, 6.45) is 6.53. The molecule has 1 fully saturated rings. The number of nitrogens with one attached hydrogen (secondary N) is 1. The van der Waals surface area contributed by atoms with Gasteiger partial charge in [0.15, 0.2) is 0 Å². The molecule has 1 aliphatic rings. The molecule has 34 heavy (non-hydrogen) atoms. The van der Waals surface area contributed by atoms with E-state index in [9.17, 15) is 0 Å². The van der Waals surface area contributed by atoms with E-state index in [-0.39, 0.29) is 0 Å². The third-order valence-electron chi connectivity index (χ3n) is 5.91. The van der Waals surface area contributed by atoms with Crippen LogP contribution in [0.15, 0.2) is 62.1 Å². The summed E-state index contributed by atoms with van der Waals surface area (Å²) in [5, 5.41) is 0. The number of aromatic amines is 1. The fourth-order valence-corrected chi connectivity index (χ4v) is 4.44. The van der Waals surface area contributed by atoms with Crippen LogP contribution in [0.2, 0.25) is 0 Å². The van der Waals surface area contributed by atoms with Crippen molar-refractivity contribution in [1.82, 2.24) is 24.4 Å². The summed E-state index contributed by atoms with van der Waals surface area (Å²) in [4.78, 5) is 14.3. The molecule has 4 aromatic rings. The van der Waals surface area contributed by atoms with Crippen LogP contribution in [-0.2, 0) is 6.54 Å². The lowest BCUT2D eigenvalue weighted by Crippen LogP contribution is -2.33. The van der Waals surface area contributed by atoms with E-state index in [1.807, 2.05) is 43.1 Å². The van der Waals surface area contributed by atoms with E-state index in [1.165, 1.54) is 37.1 Å². The number of aryl methyl sites for hydroxylation is 3. The van der Waals surface area contributed by atoms with Crippen molar-refractivity contribution in [3.63, 3.8) is 0 Å². The largest absolute Gasteiger partial charge is 0.399 e. The summed E-state index contributed by atoms with van der Waals surface area (Å²) in [6.45, 7) is 17.7. The Morgan fingerprint density at radius 3 is 2.62 bits per heavy atom. The standard InChI is InChI=1S/C17H24N4.C9H10N2.C2H4/c1-13-4-3-5-20(9-13)11-15-6-16(18)8-17(7-15)21-10-14(2)19-12-21;1-6-3-4-8-9(5-6)11-7(2)10-8;1-2/h6-8,10,12-13H,3-5,9,11,18H2,1-2H3;3-5H,1-2H3,(H,10,11);1-2H2. The number of anilines is 1. The van der Waals surface area contributed by atoms with E-state index in [0.29, 0.717) is 0 Å². The lowest BCUT2D eigenvalue weighted by atomic mass is 9.99. The Morgan fingerprint density at radius 2 is 1.91 bits per heavy atom. The zero-order chi connectivity index (χ0) is 24.7. The first-order valence-corrected chi connectivity index (χ1v) is 11.9. The van der Waals surface area contributed by atoms with Gasteiger partial charge < -0.3 is 15.3 Å². The molecular formula is C28H38N6. The molecule has 1 aliphatic heterocycles. The molecular weight excluding hydrogens is 420 g/mol. The monoisotopic (exact) mass is 458 g/mol. The zero-order valence-corrected chi connectivity index (χ0v) is 21.0. The average molecular weight is 459 g/mol. The van der Waals surface area contributed by atoms with Crippen molar-refractivity contribution in [3.8, 4) is 5.69 Å². The molecule has 180 valence electrons. The Kier molecular flexibility index (Phi) is 8.66. The first-order chi connectivity index (χ1) is 16.4. The predicted octanol–water partition coefficient (Wildman–Crippen LogP) is 5.98. The number of fused-ring (bicyclic) bond motifs is 1. The normalized spacial score (nSPS) is 15.8. The first kappa shape index (κ1) is 25.2. The molecule has 3 heterocycles. The summed E-state index contributed by atoms with van der Waals surface area (Å²) >= 11 is 0. The Bertz CT molecular complexity index is 1200. The fourth-order valence-electron chi connectivity index (χ4n) is 4.44. The van der Waals surface area contributed by atoms with Crippen molar-refractivity contribution in [2.24, 2.45) is 5.92 Å². The highest BCUT2D eigenvalue weighted by Crippen LogP contribution is 2.21. The molecule has 1 atom stereocenters. The van der Waals surface area contributed by atoms with Crippen LogP contribution in [-0.4, -0.2) is 37.5 Å². The third-order valence-corrected chi connectivity index (χ3v) is 5.91. The first-order valence-electron chi connectivity index (χ1n) is 11.9. The van der Waals surface area contributed by atoms with Gasteiger partial charge in [0, 0.05) is 30.7 Å². The minimum atomic E-state index is 0.801. The molecule has 0 spiro atoms. The van der Waals surface area contributed by atoms with Gasteiger partial charge in [0.2, 0.25) is 0 Å². The molecule has 5 rings (SSSR count). The van der Waals surface area contributed by atoms with Crippen molar-refractivity contribution in [1.29, 1.82) is 0 Å². The van der Waals surface area contributed by atoms with Gasteiger partial charge in [-0.3, -0.25) is 4.90 Å². The number of piperidine rings is 1. The maximum atomic E-state index is 6.08. The summed E-state index contributed by atoms with van der Waals surface area (Å²) in [5.74, 6) is 1.78. The second-order valence-corrected chi connectivity index (χ2v) is 9.18. The van der Waals surface area contributed by atoms with E-state index in [2.05, 4.69) is 71.1 Å². The molecule has 0 saturated carbocycles. The second-order valence-electron chi connectivity index (χ2n) is 9.18. The van der Waals surface area contributed by atoms with Gasteiger partial charge in [-0.25, -0.2) is 9.97 Å². The van der Waals surface area contributed by atoms with Gasteiger partial charge in [-0.2, -0.15) is 0 Å². The van der Waals surface area contributed by atoms with Crippen molar-refractivity contribution in [3.05, 3.63) is 84.7 Å². The van der Waals surface area contributed by atoms with Gasteiger partial charge in [-0.1, -0.05) is 13.0 Å². The van der Waals surface area contributed by atoms with Crippen LogP contribution in [0.4, 0.5) is 5.69 Å². The second kappa shape index (κ2) is 11.7. The number of nitrogens with two attached hydrogens (primary N) is 1. The van der Waals surface area contributed by atoms with E-state index in [1.54, 1.807) is 0 Å². The molecule has 3 N–H and O–H groups in total. The highest BCUT2D eigenvalue weighted by molar-refractivity contribution is 5.75. The van der Waals surface area contributed by atoms with E-state index in [4.69, 9.17) is 5.73 Å². The van der Waals surface area contributed by atoms with Crippen LogP contribution in [0.3, 0.4) is 0 Å². The number of nitrogens with zero attached hydrogens (tertiary/aromatic N) is 4. The minimum Gasteiger partial charge on any atom is -0.399 e. The Balaban J connectivity index is 0.000000209. The number of rotatable bonds is 3. The van der Waals surface area contributed by atoms with Gasteiger partial charge in [-0.05, 0) is 87.5 Å². The van der Waals surface area contributed by atoms with Crippen LogP contribution in [0.25, 0.3) is 16.7 Å². The van der Waals surface area contributed by atoms with Crippen molar-refractivity contribution < 1.29 is 0 Å². The highest BCUT2D eigenvalue weighted by Gasteiger charge is 2.16. The predicted molar refractivity (Wildman–Crippen MR) is 143 cm³/mol. The number of likely N-dealkylation sites (tertiary alicyclic amines) is 1. The van der Waals surface area contributed by atoms with Crippen LogP contribution >= 0.6 is 0 Å². The Morgan fingerprint density at radius 1 is 1.12 bits per heavy atom. The van der Waals surface area contributed by atoms with Gasteiger partial charge in [0.1, 0.15) is 5.82 Å². The zero-order valence-electron chi connectivity index (χ0n) is 21.0. The lowest BCUT2D eigenvalue weighted by Gasteiger charge is -2.31. The molecule has 2 aromatic heterocycles. The average Bonchev–Trinajstić information content (AvgIpc) is 3.39. The Labute approximate surface area is 203 Å². The van der Waals surface area contributed by atoms with Crippen molar-refractivity contribution >= 4 is 16.7 Å². The topological polar surface area (TPSA) is 75.8 Å². The van der Waals surface area contributed by atoms with Crippen LogP contribution < -0.4 is 5.73 Å². The number of hydrogen-bond donors (Lipinski definition) is 2. The van der Waals surface area contributed by atoms with E-state index >= 15 is 0 Å². The van der Waals surface area contributed by atoms with E-state index < -0.39 is 0 Å². The van der Waals surface area contributed by atoms with Gasteiger partial charge in [-0.15, -0.1) is 13.2 Å². The molecule has 0 bridgehead atoms. The van der Waals surface area contributed by atoms with E-state index in [0.717, 1.165) is 46.4 Å². The van der Waals surface area contributed by atoms with Crippen LogP contribution in [0.1, 0.15) is 42.4 Å². The number of benzene rings is 2. The number of hydrogen-bond acceptors (Lipinski definition) is 4. The van der Waals surface area contributed by atoms with Crippen molar-refractivity contribution in [2.75, 3.05) is 18.8 Å².